The second kappa shape index (κ2) is 9.48. The minimum Gasteiger partial charge on any atom is -0.494 e. The number of thioether (sulfide) groups is 1. The van der Waals surface area contributed by atoms with Crippen LogP contribution in [0.1, 0.15) is 37.9 Å². The van der Waals surface area contributed by atoms with Gasteiger partial charge in [0.15, 0.2) is 0 Å². The van der Waals surface area contributed by atoms with E-state index in [1.165, 1.54) is 0 Å². The Hall–Kier alpha value is -3.26. The number of hydrogen-bond acceptors (Lipinski definition) is 6. The fourth-order valence-electron chi connectivity index (χ4n) is 3.80. The molecule has 32 heavy (non-hydrogen) atoms. The van der Waals surface area contributed by atoms with Crippen molar-refractivity contribution in [2.75, 3.05) is 23.0 Å². The summed E-state index contributed by atoms with van der Waals surface area (Å²) in [7, 11) is 0. The van der Waals surface area contributed by atoms with E-state index in [0.29, 0.717) is 23.3 Å². The minimum absolute atomic E-state index is 0.188. The third kappa shape index (κ3) is 4.23. The molecule has 4 rings (SSSR count). The molecule has 2 N–H and O–H groups in total. The van der Waals surface area contributed by atoms with Gasteiger partial charge in [0, 0.05) is 16.9 Å². The molecule has 0 radical (unpaired) electrons. The second-order valence-electron chi connectivity index (χ2n) is 7.40. The molecule has 1 atom stereocenters. The van der Waals surface area contributed by atoms with E-state index >= 15 is 0 Å². The Morgan fingerprint density at radius 1 is 1.16 bits per heavy atom. The van der Waals surface area contributed by atoms with Gasteiger partial charge in [0.25, 0.3) is 5.91 Å². The Labute approximate surface area is 192 Å². The number of nitrogens with zero attached hydrogens (tertiary/aromatic N) is 3. The number of rotatable bonds is 7. The summed E-state index contributed by atoms with van der Waals surface area (Å²) in [5, 5.41) is 11.8. The van der Waals surface area contributed by atoms with Crippen LogP contribution in [0.3, 0.4) is 0 Å². The Bertz CT molecular complexity index is 1170. The summed E-state index contributed by atoms with van der Waals surface area (Å²) in [5.74, 6) is 2.01. The maximum atomic E-state index is 13.6. The topological polar surface area (TPSA) is 81.1 Å². The average molecular weight is 450 g/mol. The smallest absolute Gasteiger partial charge is 0.255 e. The van der Waals surface area contributed by atoms with Crippen LogP contribution in [0.25, 0.3) is 0 Å². The number of anilines is 2. The molecule has 0 bridgehead atoms. The number of amides is 1. The largest absolute Gasteiger partial charge is 0.494 e. The van der Waals surface area contributed by atoms with Crippen molar-refractivity contribution in [3.05, 3.63) is 70.9 Å². The standard InChI is InChI=1S/C24H27N5O2S/c1-5-31-19-14-10-8-12-17(19)21-20(22(30)26-18-13-9-7-11-15(18)3)16(4)25-23-27-24(32-6-2)28-29(21)23/h7-14,21H,5-6H2,1-4H3,(H,26,30)(H,25,27,28)/t21-/m0/s1. The number of aryl methyl sites for hydroxylation is 1. The van der Waals surface area contributed by atoms with Gasteiger partial charge >= 0.3 is 0 Å². The first kappa shape index (κ1) is 22.0. The highest BCUT2D eigenvalue weighted by molar-refractivity contribution is 7.99. The molecular formula is C24H27N5O2S. The van der Waals surface area contributed by atoms with Crippen molar-refractivity contribution < 1.29 is 9.53 Å². The number of fused-ring (bicyclic) bond motifs is 1. The predicted molar refractivity (Wildman–Crippen MR) is 128 cm³/mol. The predicted octanol–water partition coefficient (Wildman–Crippen LogP) is 5.02. The minimum atomic E-state index is -0.475. The maximum Gasteiger partial charge on any atom is 0.255 e. The lowest BCUT2D eigenvalue weighted by Crippen LogP contribution is -2.32. The van der Waals surface area contributed by atoms with Gasteiger partial charge in [-0.15, -0.1) is 5.10 Å². The van der Waals surface area contributed by atoms with Gasteiger partial charge in [-0.2, -0.15) is 4.98 Å². The first-order valence-electron chi connectivity index (χ1n) is 10.7. The van der Waals surface area contributed by atoms with Crippen LogP contribution in [0.15, 0.2) is 65.0 Å². The Kier molecular flexibility index (Phi) is 6.50. The summed E-state index contributed by atoms with van der Waals surface area (Å²) in [6.45, 7) is 8.40. The summed E-state index contributed by atoms with van der Waals surface area (Å²) < 4.78 is 7.71. The van der Waals surface area contributed by atoms with Gasteiger partial charge in [0.05, 0.1) is 12.2 Å². The molecule has 0 fully saturated rings. The molecular weight excluding hydrogens is 422 g/mol. The van der Waals surface area contributed by atoms with Crippen LogP contribution in [0.5, 0.6) is 5.75 Å². The van der Waals surface area contributed by atoms with Crippen LogP contribution in [-0.2, 0) is 4.79 Å². The summed E-state index contributed by atoms with van der Waals surface area (Å²) >= 11 is 1.56. The van der Waals surface area contributed by atoms with Crippen LogP contribution >= 0.6 is 11.8 Å². The fraction of sp³-hybridized carbons (Fsp3) is 0.292. The molecule has 2 heterocycles. The molecule has 0 unspecified atom stereocenters. The van der Waals surface area contributed by atoms with Crippen molar-refractivity contribution >= 4 is 29.3 Å². The second-order valence-corrected chi connectivity index (χ2v) is 8.63. The molecule has 0 saturated heterocycles. The van der Waals surface area contributed by atoms with E-state index in [9.17, 15) is 4.79 Å². The van der Waals surface area contributed by atoms with Gasteiger partial charge in [-0.25, -0.2) is 4.68 Å². The summed E-state index contributed by atoms with van der Waals surface area (Å²) in [4.78, 5) is 18.2. The number of carbonyl (C=O) groups is 1. The molecule has 2 aromatic carbocycles. The lowest BCUT2D eigenvalue weighted by molar-refractivity contribution is -0.113. The number of allylic oxidation sites excluding steroid dienone is 1. The molecule has 0 aliphatic carbocycles. The molecule has 1 aliphatic heterocycles. The molecule has 0 spiro atoms. The molecule has 0 saturated carbocycles. The van der Waals surface area contributed by atoms with E-state index in [4.69, 9.17) is 9.84 Å². The average Bonchev–Trinajstić information content (AvgIpc) is 3.17. The zero-order valence-corrected chi connectivity index (χ0v) is 19.5. The van der Waals surface area contributed by atoms with Crippen molar-refractivity contribution in [3.63, 3.8) is 0 Å². The van der Waals surface area contributed by atoms with Crippen molar-refractivity contribution in [2.24, 2.45) is 0 Å². The van der Waals surface area contributed by atoms with E-state index in [2.05, 4.69) is 22.5 Å². The lowest BCUT2D eigenvalue weighted by Gasteiger charge is -2.29. The van der Waals surface area contributed by atoms with Gasteiger partial charge in [0.1, 0.15) is 11.8 Å². The van der Waals surface area contributed by atoms with Crippen molar-refractivity contribution in [2.45, 2.75) is 38.9 Å². The molecule has 3 aromatic rings. The highest BCUT2D eigenvalue weighted by Gasteiger charge is 2.36. The van der Waals surface area contributed by atoms with E-state index in [0.717, 1.165) is 34.0 Å². The van der Waals surface area contributed by atoms with Crippen LogP contribution in [0, 0.1) is 6.92 Å². The third-order valence-corrected chi connectivity index (χ3v) is 5.98. The van der Waals surface area contributed by atoms with Gasteiger partial charge in [0.2, 0.25) is 11.1 Å². The number of carbonyl (C=O) groups excluding carboxylic acids is 1. The van der Waals surface area contributed by atoms with Gasteiger partial charge < -0.3 is 15.4 Å². The van der Waals surface area contributed by atoms with Gasteiger partial charge in [-0.1, -0.05) is 55.1 Å². The Morgan fingerprint density at radius 2 is 1.91 bits per heavy atom. The van der Waals surface area contributed by atoms with Crippen LogP contribution in [-0.4, -0.2) is 33.0 Å². The monoisotopic (exact) mass is 449 g/mol. The Balaban J connectivity index is 1.83. The molecule has 8 heteroatoms. The van der Waals surface area contributed by atoms with E-state index < -0.39 is 6.04 Å². The first-order valence-corrected chi connectivity index (χ1v) is 11.7. The zero-order chi connectivity index (χ0) is 22.7. The number of hydrogen-bond donors (Lipinski definition) is 2. The normalized spacial score (nSPS) is 15.2. The molecule has 166 valence electrons. The van der Waals surface area contributed by atoms with Crippen molar-refractivity contribution in [3.8, 4) is 5.75 Å². The third-order valence-electron chi connectivity index (χ3n) is 5.26. The van der Waals surface area contributed by atoms with Gasteiger partial charge in [-0.05, 0) is 44.2 Å². The van der Waals surface area contributed by atoms with E-state index in [1.54, 1.807) is 16.4 Å². The first-order chi connectivity index (χ1) is 15.5. The van der Waals surface area contributed by atoms with Crippen molar-refractivity contribution in [1.29, 1.82) is 0 Å². The van der Waals surface area contributed by atoms with E-state index in [1.807, 2.05) is 69.3 Å². The van der Waals surface area contributed by atoms with Crippen molar-refractivity contribution in [1.82, 2.24) is 14.8 Å². The van der Waals surface area contributed by atoms with Crippen LogP contribution < -0.4 is 15.4 Å². The number of ether oxygens (including phenoxy) is 1. The molecule has 1 aromatic heterocycles. The number of nitrogens with one attached hydrogen (secondary N) is 2. The molecule has 1 aliphatic rings. The highest BCUT2D eigenvalue weighted by Crippen LogP contribution is 2.40. The molecule has 7 nitrogen and oxygen atoms in total. The summed E-state index contributed by atoms with van der Waals surface area (Å²) in [6, 6.07) is 15.0. The Morgan fingerprint density at radius 3 is 2.66 bits per heavy atom. The number of para-hydroxylation sites is 2. The fourth-order valence-corrected chi connectivity index (χ4v) is 4.35. The molecule has 1 amide bonds. The lowest BCUT2D eigenvalue weighted by atomic mass is 9.94. The highest BCUT2D eigenvalue weighted by atomic mass is 32.2. The van der Waals surface area contributed by atoms with Crippen LogP contribution in [0.4, 0.5) is 11.6 Å². The van der Waals surface area contributed by atoms with Crippen LogP contribution in [0.2, 0.25) is 0 Å². The van der Waals surface area contributed by atoms with Gasteiger partial charge in [-0.3, -0.25) is 4.79 Å². The number of aromatic nitrogens is 3. The number of benzene rings is 2. The summed E-state index contributed by atoms with van der Waals surface area (Å²) in [6.07, 6.45) is 0. The SMILES string of the molecule is CCOc1ccccc1[C@H]1C(C(=O)Nc2ccccc2C)=C(C)Nc2nc(SCC)nn21. The zero-order valence-electron chi connectivity index (χ0n) is 18.7. The van der Waals surface area contributed by atoms with E-state index in [-0.39, 0.29) is 5.91 Å². The quantitative estimate of drug-likeness (QED) is 0.493. The maximum absolute atomic E-state index is 13.6. The summed E-state index contributed by atoms with van der Waals surface area (Å²) in [5.41, 5.74) is 3.95.